The van der Waals surface area contributed by atoms with Gasteiger partial charge in [-0.05, 0) is 37.0 Å². The minimum absolute atomic E-state index is 0.0310. The standard InChI is InChI=1S/C20H22N6O/c1-24(20(27)19-15-7-3-4-9-17(15)25(2)23-19)14-11-26(12-14)18-10-13-6-5-8-16(13)21-22-18/h3-4,7,9-10,14H,5-6,8,11-12H2,1-2H3. The molecule has 0 bridgehead atoms. The number of carbonyl (C=O) groups excluding carboxylic acids is 1. The Bertz CT molecular complexity index is 1040. The maximum absolute atomic E-state index is 13.0. The monoisotopic (exact) mass is 362 g/mol. The molecule has 138 valence electrons. The van der Waals surface area contributed by atoms with Crippen molar-refractivity contribution in [3.8, 4) is 0 Å². The molecule has 0 unspecified atom stereocenters. The number of nitrogens with zero attached hydrogens (tertiary/aromatic N) is 6. The highest BCUT2D eigenvalue weighted by atomic mass is 16.2. The fourth-order valence-electron chi connectivity index (χ4n) is 4.06. The smallest absolute Gasteiger partial charge is 0.275 e. The number of rotatable bonds is 3. The summed E-state index contributed by atoms with van der Waals surface area (Å²) in [4.78, 5) is 17.0. The fourth-order valence-corrected chi connectivity index (χ4v) is 4.06. The Morgan fingerprint density at radius 1 is 1.19 bits per heavy atom. The van der Waals surface area contributed by atoms with Gasteiger partial charge >= 0.3 is 0 Å². The van der Waals surface area contributed by atoms with Gasteiger partial charge in [0, 0.05) is 32.6 Å². The van der Waals surface area contributed by atoms with Gasteiger partial charge in [0.2, 0.25) is 0 Å². The maximum Gasteiger partial charge on any atom is 0.275 e. The van der Waals surface area contributed by atoms with Crippen molar-refractivity contribution in [1.29, 1.82) is 0 Å². The van der Waals surface area contributed by atoms with E-state index in [2.05, 4.69) is 26.3 Å². The highest BCUT2D eigenvalue weighted by Gasteiger charge is 2.35. The van der Waals surface area contributed by atoms with E-state index in [1.807, 2.05) is 43.3 Å². The largest absolute Gasteiger partial charge is 0.351 e. The Kier molecular flexibility index (Phi) is 3.63. The number of aromatic nitrogens is 4. The number of hydrogen-bond acceptors (Lipinski definition) is 5. The normalized spacial score (nSPS) is 16.4. The average Bonchev–Trinajstić information content (AvgIpc) is 3.24. The van der Waals surface area contributed by atoms with Gasteiger partial charge < -0.3 is 9.80 Å². The molecule has 0 atom stereocenters. The summed E-state index contributed by atoms with van der Waals surface area (Å²) in [7, 11) is 3.73. The molecule has 2 aromatic heterocycles. The zero-order chi connectivity index (χ0) is 18.5. The molecule has 1 saturated heterocycles. The first-order valence-electron chi connectivity index (χ1n) is 9.41. The molecule has 0 radical (unpaired) electrons. The molecule has 2 aliphatic rings. The number of aryl methyl sites for hydroxylation is 3. The van der Waals surface area contributed by atoms with Crippen molar-refractivity contribution in [2.24, 2.45) is 7.05 Å². The van der Waals surface area contributed by atoms with Crippen molar-refractivity contribution in [3.63, 3.8) is 0 Å². The van der Waals surface area contributed by atoms with Gasteiger partial charge in [-0.15, -0.1) is 5.10 Å². The first kappa shape index (κ1) is 16.2. The van der Waals surface area contributed by atoms with Crippen LogP contribution in [-0.4, -0.2) is 57.0 Å². The van der Waals surface area contributed by atoms with Gasteiger partial charge in [-0.2, -0.15) is 10.2 Å². The molecule has 3 heterocycles. The lowest BCUT2D eigenvalue weighted by atomic mass is 10.1. The third kappa shape index (κ3) is 2.57. The Hall–Kier alpha value is -2.96. The number of hydrogen-bond donors (Lipinski definition) is 0. The van der Waals surface area contributed by atoms with Crippen LogP contribution < -0.4 is 4.90 Å². The Balaban J connectivity index is 1.31. The molecule has 0 spiro atoms. The van der Waals surface area contributed by atoms with Gasteiger partial charge in [-0.25, -0.2) is 0 Å². The second kappa shape index (κ2) is 6.04. The van der Waals surface area contributed by atoms with E-state index < -0.39 is 0 Å². The third-order valence-corrected chi connectivity index (χ3v) is 5.82. The average molecular weight is 362 g/mol. The summed E-state index contributed by atoms with van der Waals surface area (Å²) < 4.78 is 1.77. The van der Waals surface area contributed by atoms with Crippen LogP contribution in [-0.2, 0) is 19.9 Å². The van der Waals surface area contributed by atoms with Crippen LogP contribution in [0, 0.1) is 0 Å². The van der Waals surface area contributed by atoms with E-state index in [0.717, 1.165) is 48.3 Å². The second-order valence-electron chi connectivity index (χ2n) is 7.49. The molecule has 7 heteroatoms. The topological polar surface area (TPSA) is 67.2 Å². The number of carbonyl (C=O) groups is 1. The molecule has 5 rings (SSSR count). The van der Waals surface area contributed by atoms with Crippen LogP contribution in [0.1, 0.15) is 28.2 Å². The zero-order valence-corrected chi connectivity index (χ0v) is 15.6. The molecular weight excluding hydrogens is 340 g/mol. The SMILES string of the molecule is CN(C(=O)c1nn(C)c2ccccc12)C1CN(c2cc3c(nn2)CCC3)C1. The second-order valence-corrected chi connectivity index (χ2v) is 7.49. The summed E-state index contributed by atoms with van der Waals surface area (Å²) in [5.74, 6) is 0.896. The van der Waals surface area contributed by atoms with E-state index in [1.54, 1.807) is 4.68 Å². The quantitative estimate of drug-likeness (QED) is 0.711. The number of anilines is 1. The molecule has 1 aliphatic carbocycles. The van der Waals surface area contributed by atoms with Crippen LogP contribution in [0.25, 0.3) is 10.9 Å². The number of para-hydroxylation sites is 1. The van der Waals surface area contributed by atoms with Crippen LogP contribution in [0.15, 0.2) is 30.3 Å². The van der Waals surface area contributed by atoms with Gasteiger partial charge in [-0.1, -0.05) is 18.2 Å². The molecule has 27 heavy (non-hydrogen) atoms. The van der Waals surface area contributed by atoms with E-state index in [4.69, 9.17) is 0 Å². The number of fused-ring (bicyclic) bond motifs is 2. The first-order valence-corrected chi connectivity index (χ1v) is 9.41. The summed E-state index contributed by atoms with van der Waals surface area (Å²) in [6.07, 6.45) is 3.31. The summed E-state index contributed by atoms with van der Waals surface area (Å²) in [6.45, 7) is 1.56. The van der Waals surface area contributed by atoms with E-state index in [0.29, 0.717) is 5.69 Å². The van der Waals surface area contributed by atoms with Crippen LogP contribution in [0.4, 0.5) is 5.82 Å². The molecular formula is C20H22N6O. The van der Waals surface area contributed by atoms with Crippen molar-refractivity contribution in [2.75, 3.05) is 25.0 Å². The van der Waals surface area contributed by atoms with E-state index >= 15 is 0 Å². The van der Waals surface area contributed by atoms with Crippen LogP contribution in [0.3, 0.4) is 0 Å². The van der Waals surface area contributed by atoms with Gasteiger partial charge in [0.1, 0.15) is 0 Å². The van der Waals surface area contributed by atoms with E-state index in [-0.39, 0.29) is 11.9 Å². The molecule has 1 aliphatic heterocycles. The lowest BCUT2D eigenvalue weighted by Crippen LogP contribution is -2.60. The fraction of sp³-hybridized carbons (Fsp3) is 0.400. The minimum atomic E-state index is -0.0310. The van der Waals surface area contributed by atoms with Gasteiger partial charge in [0.25, 0.3) is 5.91 Å². The zero-order valence-electron chi connectivity index (χ0n) is 15.6. The summed E-state index contributed by atoms with van der Waals surface area (Å²) >= 11 is 0. The summed E-state index contributed by atoms with van der Waals surface area (Å²) in [5, 5.41) is 14.1. The predicted octanol–water partition coefficient (Wildman–Crippen LogP) is 1.81. The molecule has 1 aromatic carbocycles. The third-order valence-electron chi connectivity index (χ3n) is 5.82. The lowest BCUT2D eigenvalue weighted by Gasteiger charge is -2.44. The first-order chi connectivity index (χ1) is 13.1. The summed E-state index contributed by atoms with van der Waals surface area (Å²) in [6, 6.07) is 10.2. The van der Waals surface area contributed by atoms with Gasteiger partial charge in [0.15, 0.2) is 11.5 Å². The predicted molar refractivity (Wildman–Crippen MR) is 103 cm³/mol. The van der Waals surface area contributed by atoms with Crippen LogP contribution in [0.5, 0.6) is 0 Å². The molecule has 1 fully saturated rings. The summed E-state index contributed by atoms with van der Waals surface area (Å²) in [5.41, 5.74) is 3.96. The van der Waals surface area contributed by atoms with Crippen molar-refractivity contribution in [2.45, 2.75) is 25.3 Å². The Labute approximate surface area is 157 Å². The maximum atomic E-state index is 13.0. The van der Waals surface area contributed by atoms with Crippen molar-refractivity contribution in [3.05, 3.63) is 47.3 Å². The highest BCUT2D eigenvalue weighted by molar-refractivity contribution is 6.04. The van der Waals surface area contributed by atoms with Gasteiger partial charge in [-0.3, -0.25) is 9.48 Å². The highest BCUT2D eigenvalue weighted by Crippen LogP contribution is 2.27. The van der Waals surface area contributed by atoms with E-state index in [1.165, 1.54) is 12.0 Å². The van der Waals surface area contributed by atoms with Crippen LogP contribution in [0.2, 0.25) is 0 Å². The molecule has 7 nitrogen and oxygen atoms in total. The molecule has 0 saturated carbocycles. The Morgan fingerprint density at radius 3 is 2.85 bits per heavy atom. The minimum Gasteiger partial charge on any atom is -0.351 e. The molecule has 1 amide bonds. The van der Waals surface area contributed by atoms with Crippen LogP contribution >= 0.6 is 0 Å². The molecule has 3 aromatic rings. The number of likely N-dealkylation sites (N-methyl/N-ethyl adjacent to an activating group) is 1. The van der Waals surface area contributed by atoms with Crippen molar-refractivity contribution in [1.82, 2.24) is 24.9 Å². The molecule has 0 N–H and O–H groups in total. The lowest BCUT2D eigenvalue weighted by molar-refractivity contribution is 0.0700. The van der Waals surface area contributed by atoms with E-state index in [9.17, 15) is 4.79 Å². The van der Waals surface area contributed by atoms with Crippen molar-refractivity contribution < 1.29 is 4.79 Å². The van der Waals surface area contributed by atoms with Gasteiger partial charge in [0.05, 0.1) is 17.3 Å². The number of amides is 1. The number of benzene rings is 1. The van der Waals surface area contributed by atoms with Crippen molar-refractivity contribution >= 4 is 22.6 Å². The Morgan fingerprint density at radius 2 is 2.00 bits per heavy atom.